The first-order valence-electron chi connectivity index (χ1n) is 7.84. The molecule has 4 heteroatoms. The predicted octanol–water partition coefficient (Wildman–Crippen LogP) is 5.43. The summed E-state index contributed by atoms with van der Waals surface area (Å²) < 4.78 is 1.06. The molecule has 0 atom stereocenters. The Balaban J connectivity index is 1.58. The minimum absolute atomic E-state index is 0.0749. The first-order valence-corrected chi connectivity index (χ1v) is 9.58. The van der Waals surface area contributed by atoms with Gasteiger partial charge in [0.1, 0.15) is 0 Å². The number of benzene rings is 2. The molecule has 0 aliphatic rings. The topological polar surface area (TPSA) is 29.1 Å². The van der Waals surface area contributed by atoms with Crippen molar-refractivity contribution in [3.8, 4) is 11.1 Å². The third-order valence-corrected chi connectivity index (χ3v) is 5.36. The van der Waals surface area contributed by atoms with E-state index in [2.05, 4.69) is 50.2 Å². The Morgan fingerprint density at radius 1 is 1.00 bits per heavy atom. The van der Waals surface area contributed by atoms with Crippen LogP contribution < -0.4 is 5.32 Å². The maximum atomic E-state index is 12.2. The molecule has 24 heavy (non-hydrogen) atoms. The molecule has 1 aromatic heterocycles. The van der Waals surface area contributed by atoms with Crippen molar-refractivity contribution in [2.24, 2.45) is 0 Å². The SMILES string of the molecule is O=C(CCc1ccccc1Br)NCc1ccccc1-c1ccsc1. The molecule has 0 radical (unpaired) electrons. The van der Waals surface area contributed by atoms with Crippen LogP contribution >= 0.6 is 27.3 Å². The van der Waals surface area contributed by atoms with Crippen LogP contribution in [-0.4, -0.2) is 5.91 Å². The molecule has 3 rings (SSSR count). The Kier molecular flexibility index (Phi) is 5.83. The third kappa shape index (κ3) is 4.34. The smallest absolute Gasteiger partial charge is 0.220 e. The van der Waals surface area contributed by atoms with Crippen LogP contribution in [0.1, 0.15) is 17.5 Å². The number of aryl methyl sites for hydroxylation is 1. The van der Waals surface area contributed by atoms with E-state index in [4.69, 9.17) is 0 Å². The molecule has 1 amide bonds. The van der Waals surface area contributed by atoms with E-state index in [1.54, 1.807) is 11.3 Å². The Bertz CT molecular complexity index is 814. The molecule has 0 spiro atoms. The summed E-state index contributed by atoms with van der Waals surface area (Å²) in [6.07, 6.45) is 1.22. The molecule has 122 valence electrons. The second-order valence-corrected chi connectivity index (χ2v) is 7.17. The summed E-state index contributed by atoms with van der Waals surface area (Å²) in [7, 11) is 0. The highest BCUT2D eigenvalue weighted by molar-refractivity contribution is 9.10. The molecule has 0 bridgehead atoms. The number of hydrogen-bond acceptors (Lipinski definition) is 2. The number of amides is 1. The largest absolute Gasteiger partial charge is 0.352 e. The van der Waals surface area contributed by atoms with Crippen LogP contribution in [0.5, 0.6) is 0 Å². The van der Waals surface area contributed by atoms with E-state index < -0.39 is 0 Å². The highest BCUT2D eigenvalue weighted by atomic mass is 79.9. The highest BCUT2D eigenvalue weighted by Gasteiger charge is 2.08. The summed E-state index contributed by atoms with van der Waals surface area (Å²) in [6.45, 7) is 0.556. The summed E-state index contributed by atoms with van der Waals surface area (Å²) >= 11 is 5.21. The summed E-state index contributed by atoms with van der Waals surface area (Å²) in [4.78, 5) is 12.2. The fourth-order valence-electron chi connectivity index (χ4n) is 2.61. The Labute approximate surface area is 154 Å². The average molecular weight is 400 g/mol. The fraction of sp³-hybridized carbons (Fsp3) is 0.150. The van der Waals surface area contributed by atoms with Gasteiger partial charge in [-0.15, -0.1) is 0 Å². The standard InChI is InChI=1S/C20H18BrNOS/c21-19-8-4-2-5-15(19)9-10-20(23)22-13-16-6-1-3-7-18(16)17-11-12-24-14-17/h1-8,11-12,14H,9-10,13H2,(H,22,23). The molecule has 0 saturated carbocycles. The number of nitrogens with one attached hydrogen (secondary N) is 1. The van der Waals surface area contributed by atoms with Gasteiger partial charge in [-0.1, -0.05) is 58.4 Å². The molecule has 0 saturated heterocycles. The highest BCUT2D eigenvalue weighted by Crippen LogP contribution is 2.25. The van der Waals surface area contributed by atoms with Crippen molar-refractivity contribution in [3.05, 3.63) is 81.0 Å². The van der Waals surface area contributed by atoms with Crippen LogP contribution in [-0.2, 0) is 17.8 Å². The molecule has 2 nitrogen and oxygen atoms in total. The van der Waals surface area contributed by atoms with Gasteiger partial charge in [-0.05, 0) is 51.6 Å². The Morgan fingerprint density at radius 2 is 1.75 bits per heavy atom. The van der Waals surface area contributed by atoms with Gasteiger partial charge >= 0.3 is 0 Å². The molecule has 3 aromatic rings. The van der Waals surface area contributed by atoms with E-state index >= 15 is 0 Å². The number of halogens is 1. The molecule has 0 unspecified atom stereocenters. The summed E-state index contributed by atoms with van der Waals surface area (Å²) in [5.74, 6) is 0.0749. The van der Waals surface area contributed by atoms with Gasteiger partial charge < -0.3 is 5.32 Å². The van der Waals surface area contributed by atoms with Gasteiger partial charge in [-0.2, -0.15) is 11.3 Å². The van der Waals surface area contributed by atoms with Crippen molar-refractivity contribution >= 4 is 33.2 Å². The van der Waals surface area contributed by atoms with Crippen LogP contribution in [0.15, 0.2) is 69.8 Å². The van der Waals surface area contributed by atoms with Crippen LogP contribution in [0.2, 0.25) is 0 Å². The van der Waals surface area contributed by atoms with E-state index in [1.807, 2.05) is 36.4 Å². The summed E-state index contributed by atoms with van der Waals surface area (Å²) in [5.41, 5.74) is 4.69. The predicted molar refractivity (Wildman–Crippen MR) is 104 cm³/mol. The third-order valence-electron chi connectivity index (χ3n) is 3.90. The van der Waals surface area contributed by atoms with Crippen molar-refractivity contribution in [1.29, 1.82) is 0 Å². The maximum absolute atomic E-state index is 12.2. The van der Waals surface area contributed by atoms with Gasteiger partial charge in [0.2, 0.25) is 5.91 Å². The molecule has 0 aliphatic carbocycles. The van der Waals surface area contributed by atoms with Gasteiger partial charge in [-0.25, -0.2) is 0 Å². The second kappa shape index (κ2) is 8.27. The van der Waals surface area contributed by atoms with E-state index in [9.17, 15) is 4.79 Å². The Hall–Kier alpha value is -1.91. The maximum Gasteiger partial charge on any atom is 0.220 e. The lowest BCUT2D eigenvalue weighted by Crippen LogP contribution is -2.23. The molecule has 0 fully saturated rings. The van der Waals surface area contributed by atoms with Crippen molar-refractivity contribution in [2.45, 2.75) is 19.4 Å². The molecule has 1 heterocycles. The van der Waals surface area contributed by atoms with Crippen molar-refractivity contribution in [1.82, 2.24) is 5.32 Å². The van der Waals surface area contributed by atoms with E-state index in [0.29, 0.717) is 13.0 Å². The number of thiophene rings is 1. The van der Waals surface area contributed by atoms with Gasteiger partial charge in [0.15, 0.2) is 0 Å². The van der Waals surface area contributed by atoms with Gasteiger partial charge in [0.05, 0.1) is 0 Å². The first kappa shape index (κ1) is 16.9. The van der Waals surface area contributed by atoms with Crippen LogP contribution in [0.4, 0.5) is 0 Å². The quantitative estimate of drug-likeness (QED) is 0.588. The number of rotatable bonds is 6. The monoisotopic (exact) mass is 399 g/mol. The summed E-state index contributed by atoms with van der Waals surface area (Å²) in [6, 6.07) is 18.4. The van der Waals surface area contributed by atoms with Gasteiger partial charge in [-0.3, -0.25) is 4.79 Å². The molecule has 1 N–H and O–H groups in total. The lowest BCUT2D eigenvalue weighted by atomic mass is 10.0. The number of carbonyl (C=O) groups is 1. The van der Waals surface area contributed by atoms with Crippen molar-refractivity contribution in [3.63, 3.8) is 0 Å². The van der Waals surface area contributed by atoms with Crippen molar-refractivity contribution in [2.75, 3.05) is 0 Å². The van der Waals surface area contributed by atoms with Crippen molar-refractivity contribution < 1.29 is 4.79 Å². The zero-order valence-corrected chi connectivity index (χ0v) is 15.6. The normalized spacial score (nSPS) is 10.5. The lowest BCUT2D eigenvalue weighted by molar-refractivity contribution is -0.121. The summed E-state index contributed by atoms with van der Waals surface area (Å²) in [5, 5.41) is 7.24. The zero-order valence-electron chi connectivity index (χ0n) is 13.2. The van der Waals surface area contributed by atoms with E-state index in [-0.39, 0.29) is 5.91 Å². The molecule has 0 aliphatic heterocycles. The van der Waals surface area contributed by atoms with Crippen LogP contribution in [0.3, 0.4) is 0 Å². The minimum atomic E-state index is 0.0749. The second-order valence-electron chi connectivity index (χ2n) is 5.54. The molecule has 2 aromatic carbocycles. The molecular formula is C20H18BrNOS. The number of carbonyl (C=O) groups excluding carboxylic acids is 1. The van der Waals surface area contributed by atoms with Crippen LogP contribution in [0, 0.1) is 0 Å². The minimum Gasteiger partial charge on any atom is -0.352 e. The zero-order chi connectivity index (χ0) is 16.8. The molecular weight excluding hydrogens is 382 g/mol. The number of hydrogen-bond donors (Lipinski definition) is 1. The Morgan fingerprint density at radius 3 is 2.50 bits per heavy atom. The van der Waals surface area contributed by atoms with Gasteiger partial charge in [0.25, 0.3) is 0 Å². The lowest BCUT2D eigenvalue weighted by Gasteiger charge is -2.10. The van der Waals surface area contributed by atoms with Gasteiger partial charge in [0, 0.05) is 17.4 Å². The average Bonchev–Trinajstić information content (AvgIpc) is 3.14. The fourth-order valence-corrected chi connectivity index (χ4v) is 3.74. The first-order chi connectivity index (χ1) is 11.7. The van der Waals surface area contributed by atoms with E-state index in [0.717, 1.165) is 22.0 Å². The van der Waals surface area contributed by atoms with E-state index in [1.165, 1.54) is 11.1 Å². The van der Waals surface area contributed by atoms with Crippen LogP contribution in [0.25, 0.3) is 11.1 Å².